The largest absolute Gasteiger partial charge is 0.455 e. The van der Waals surface area contributed by atoms with E-state index in [-0.39, 0.29) is 0 Å². The number of aromatic nitrogens is 4. The molecule has 0 unspecified atom stereocenters. The van der Waals surface area contributed by atoms with E-state index in [4.69, 9.17) is 19.4 Å². The van der Waals surface area contributed by atoms with Gasteiger partial charge in [-0.15, -0.1) is 0 Å². The first-order valence-electron chi connectivity index (χ1n) is 16.8. The first-order chi connectivity index (χ1) is 24.8. The van der Waals surface area contributed by atoms with Crippen LogP contribution in [0.5, 0.6) is 0 Å². The lowest BCUT2D eigenvalue weighted by atomic mass is 9.96. The van der Waals surface area contributed by atoms with Crippen molar-refractivity contribution >= 4 is 49.3 Å². The van der Waals surface area contributed by atoms with Gasteiger partial charge in [-0.25, -0.2) is 15.0 Å². The summed E-state index contributed by atoms with van der Waals surface area (Å²) >= 11 is 0. The van der Waals surface area contributed by atoms with Gasteiger partial charge < -0.3 is 14.3 Å². The van der Waals surface area contributed by atoms with Gasteiger partial charge >= 0.3 is 0 Å². The van der Waals surface area contributed by atoms with Gasteiger partial charge in [-0.05, 0) is 60.3 Å². The first kappa shape index (κ1) is 28.2. The van der Waals surface area contributed by atoms with Gasteiger partial charge in [0.1, 0.15) is 11.2 Å². The van der Waals surface area contributed by atoms with Crippen LogP contribution in [0, 0.1) is 0 Å². The molecule has 0 saturated heterocycles. The van der Waals surface area contributed by atoms with Gasteiger partial charge in [0, 0.05) is 50.6 Å². The number of allylic oxidation sites excluding steroid dienone is 2. The number of dihydropyridines is 1. The normalized spacial score (nSPS) is 12.9. The molecule has 0 saturated carbocycles. The van der Waals surface area contributed by atoms with Gasteiger partial charge in [-0.1, -0.05) is 103 Å². The average molecular weight is 644 g/mol. The van der Waals surface area contributed by atoms with Crippen LogP contribution in [0.25, 0.3) is 89.2 Å². The summed E-state index contributed by atoms with van der Waals surface area (Å²) in [7, 11) is 0. The molecule has 0 amide bonds. The van der Waals surface area contributed by atoms with Crippen LogP contribution < -0.4 is 5.32 Å². The zero-order valence-corrected chi connectivity index (χ0v) is 26.9. The second-order valence-corrected chi connectivity index (χ2v) is 12.4. The SMILES string of the molecule is C1=CC(c2ccc(-c3nc(-c4ccccc4)nc(-c4ccccc4)n3)c3c2oc2ccc4c5ccccc5n(-c5ccccc5)c4c23)=CCN1. The molecule has 1 aliphatic rings. The highest BCUT2D eigenvalue weighted by Crippen LogP contribution is 2.45. The maximum atomic E-state index is 6.94. The minimum Gasteiger partial charge on any atom is -0.455 e. The molecule has 50 heavy (non-hydrogen) atoms. The van der Waals surface area contributed by atoms with Gasteiger partial charge in [0.25, 0.3) is 0 Å². The van der Waals surface area contributed by atoms with E-state index in [0.717, 1.165) is 78.4 Å². The van der Waals surface area contributed by atoms with Crippen LogP contribution in [0.1, 0.15) is 5.56 Å². The van der Waals surface area contributed by atoms with Crippen LogP contribution >= 0.6 is 0 Å². The Morgan fingerprint density at radius 3 is 1.90 bits per heavy atom. The highest BCUT2D eigenvalue weighted by Gasteiger charge is 2.25. The number of nitrogens with one attached hydrogen (secondary N) is 1. The molecule has 6 aromatic carbocycles. The molecule has 236 valence electrons. The molecule has 9 aromatic rings. The number of hydrogen-bond acceptors (Lipinski definition) is 5. The van der Waals surface area contributed by atoms with Crippen LogP contribution in [0.3, 0.4) is 0 Å². The lowest BCUT2D eigenvalue weighted by Gasteiger charge is -2.13. The van der Waals surface area contributed by atoms with Crippen LogP contribution in [0.2, 0.25) is 0 Å². The lowest BCUT2D eigenvalue weighted by Crippen LogP contribution is -2.08. The molecule has 0 spiro atoms. The Morgan fingerprint density at radius 1 is 0.560 bits per heavy atom. The summed E-state index contributed by atoms with van der Waals surface area (Å²) < 4.78 is 9.31. The zero-order valence-electron chi connectivity index (χ0n) is 26.9. The summed E-state index contributed by atoms with van der Waals surface area (Å²) in [5.74, 6) is 1.82. The van der Waals surface area contributed by atoms with Crippen molar-refractivity contribution in [1.29, 1.82) is 0 Å². The molecule has 10 rings (SSSR count). The molecule has 6 heteroatoms. The smallest absolute Gasteiger partial charge is 0.164 e. The molecule has 0 aliphatic carbocycles. The summed E-state index contributed by atoms with van der Waals surface area (Å²) in [6.45, 7) is 0.746. The van der Waals surface area contributed by atoms with Gasteiger partial charge in [0.15, 0.2) is 17.5 Å². The Balaban J connectivity index is 1.37. The monoisotopic (exact) mass is 643 g/mol. The molecular formula is C44H29N5O. The van der Waals surface area contributed by atoms with Crippen molar-refractivity contribution in [1.82, 2.24) is 24.8 Å². The summed E-state index contributed by atoms with van der Waals surface area (Å²) in [4.78, 5) is 15.3. The van der Waals surface area contributed by atoms with Gasteiger partial charge in [0.2, 0.25) is 0 Å². The van der Waals surface area contributed by atoms with E-state index in [1.54, 1.807) is 0 Å². The molecule has 1 aliphatic heterocycles. The van der Waals surface area contributed by atoms with E-state index in [2.05, 4.69) is 101 Å². The molecular weight excluding hydrogens is 615 g/mol. The zero-order chi connectivity index (χ0) is 33.0. The van der Waals surface area contributed by atoms with Crippen molar-refractivity contribution in [2.45, 2.75) is 0 Å². The van der Waals surface area contributed by atoms with Crippen LogP contribution in [-0.2, 0) is 0 Å². The van der Waals surface area contributed by atoms with Crippen molar-refractivity contribution in [3.63, 3.8) is 0 Å². The molecule has 0 atom stereocenters. The Kier molecular flexibility index (Phi) is 6.45. The third kappa shape index (κ3) is 4.46. The Morgan fingerprint density at radius 2 is 1.20 bits per heavy atom. The number of nitrogens with zero attached hydrogens (tertiary/aromatic N) is 4. The lowest BCUT2D eigenvalue weighted by molar-refractivity contribution is 0.668. The van der Waals surface area contributed by atoms with Gasteiger partial charge in [-0.2, -0.15) is 0 Å². The fraction of sp³-hybridized carbons (Fsp3) is 0.0227. The average Bonchev–Trinajstić information content (AvgIpc) is 3.75. The number of fused-ring (bicyclic) bond motifs is 7. The minimum absolute atomic E-state index is 0.589. The number of furan rings is 1. The quantitative estimate of drug-likeness (QED) is 0.202. The van der Waals surface area contributed by atoms with Crippen molar-refractivity contribution in [2.75, 3.05) is 6.54 Å². The van der Waals surface area contributed by atoms with Crippen molar-refractivity contribution in [3.8, 4) is 39.9 Å². The van der Waals surface area contributed by atoms with E-state index in [1.165, 1.54) is 5.39 Å². The Hall–Kier alpha value is -6.79. The molecule has 0 bridgehead atoms. The number of benzene rings is 6. The van der Waals surface area contributed by atoms with E-state index in [9.17, 15) is 0 Å². The van der Waals surface area contributed by atoms with E-state index < -0.39 is 0 Å². The molecule has 6 nitrogen and oxygen atoms in total. The second-order valence-electron chi connectivity index (χ2n) is 12.4. The Bertz CT molecular complexity index is 2740. The van der Waals surface area contributed by atoms with E-state index >= 15 is 0 Å². The van der Waals surface area contributed by atoms with Crippen LogP contribution in [0.15, 0.2) is 162 Å². The second kappa shape index (κ2) is 11.4. The summed E-state index contributed by atoms with van der Waals surface area (Å²) in [6.07, 6.45) is 6.29. The highest BCUT2D eigenvalue weighted by molar-refractivity contribution is 6.27. The van der Waals surface area contributed by atoms with Crippen molar-refractivity contribution in [3.05, 3.63) is 163 Å². The van der Waals surface area contributed by atoms with Crippen molar-refractivity contribution < 1.29 is 4.42 Å². The third-order valence-electron chi connectivity index (χ3n) is 9.50. The van der Waals surface area contributed by atoms with Crippen LogP contribution in [-0.4, -0.2) is 26.1 Å². The fourth-order valence-corrected chi connectivity index (χ4v) is 7.25. The summed E-state index contributed by atoms with van der Waals surface area (Å²) in [6, 6.07) is 48.0. The van der Waals surface area contributed by atoms with Gasteiger partial charge in [-0.3, -0.25) is 0 Å². The summed E-state index contributed by atoms with van der Waals surface area (Å²) in [5, 5.41) is 7.62. The standard InChI is InChI=1S/C44H29N5O/c1-4-12-29(13-5-1)42-46-43(30-14-6-2-7-15-30)48-44(47-42)35-21-20-32(28-24-26-45-27-25-28)41-38(35)39-37(50-41)23-22-34-33-18-10-11-19-36(33)49(40(34)39)31-16-8-3-9-17-31/h1-26,45H,27H2. The molecule has 0 radical (unpaired) electrons. The van der Waals surface area contributed by atoms with E-state index in [1.807, 2.05) is 66.9 Å². The predicted octanol–water partition coefficient (Wildman–Crippen LogP) is 10.4. The fourth-order valence-electron chi connectivity index (χ4n) is 7.25. The molecule has 4 heterocycles. The molecule has 3 aromatic heterocycles. The molecule has 0 fully saturated rings. The number of rotatable bonds is 5. The minimum atomic E-state index is 0.589. The summed E-state index contributed by atoms with van der Waals surface area (Å²) in [5.41, 5.74) is 9.77. The van der Waals surface area contributed by atoms with Crippen molar-refractivity contribution in [2.24, 2.45) is 0 Å². The third-order valence-corrected chi connectivity index (χ3v) is 9.50. The number of hydrogen-bond donors (Lipinski definition) is 1. The maximum Gasteiger partial charge on any atom is 0.164 e. The first-order valence-corrected chi connectivity index (χ1v) is 16.8. The topological polar surface area (TPSA) is 68.8 Å². The highest BCUT2D eigenvalue weighted by atomic mass is 16.3. The van der Waals surface area contributed by atoms with E-state index in [0.29, 0.717) is 17.5 Å². The number of para-hydroxylation sites is 2. The Labute approximate surface area is 287 Å². The maximum absolute atomic E-state index is 6.94. The molecule has 1 N–H and O–H groups in total. The predicted molar refractivity (Wildman–Crippen MR) is 203 cm³/mol. The van der Waals surface area contributed by atoms with Gasteiger partial charge in [0.05, 0.1) is 16.4 Å². The van der Waals surface area contributed by atoms with Crippen LogP contribution in [0.4, 0.5) is 0 Å².